The molecule has 1 aliphatic carbocycles. The molecule has 0 spiro atoms. The molecule has 21 heavy (non-hydrogen) atoms. The predicted octanol–water partition coefficient (Wildman–Crippen LogP) is 3.54. The van der Waals surface area contributed by atoms with Crippen LogP contribution in [0.3, 0.4) is 0 Å². The SMILES string of the molecule is O=C1CC(Nn2nc(C(F)(F)F)cc2Br)c2ccccc21. The quantitative estimate of drug-likeness (QED) is 0.891. The van der Waals surface area contributed by atoms with Gasteiger partial charge in [0.15, 0.2) is 11.5 Å². The normalized spacial score (nSPS) is 17.9. The van der Waals surface area contributed by atoms with Crippen molar-refractivity contribution in [2.45, 2.75) is 18.6 Å². The number of ketones is 1. The summed E-state index contributed by atoms with van der Waals surface area (Å²) in [7, 11) is 0. The molecular weight excluding hydrogens is 351 g/mol. The van der Waals surface area contributed by atoms with Crippen molar-refractivity contribution in [3.05, 3.63) is 51.8 Å². The lowest BCUT2D eigenvalue weighted by Gasteiger charge is -2.15. The van der Waals surface area contributed by atoms with Crippen LogP contribution in [0, 0.1) is 0 Å². The van der Waals surface area contributed by atoms with Crippen molar-refractivity contribution >= 4 is 21.7 Å². The number of benzene rings is 1. The molecular formula is C13H9BrF3N3O. The number of nitrogens with one attached hydrogen (secondary N) is 1. The number of rotatable bonds is 2. The topological polar surface area (TPSA) is 46.9 Å². The van der Waals surface area contributed by atoms with Crippen molar-refractivity contribution in [2.75, 3.05) is 5.43 Å². The number of halogens is 4. The lowest BCUT2D eigenvalue weighted by atomic mass is 10.1. The van der Waals surface area contributed by atoms with Gasteiger partial charge in [0.05, 0.1) is 6.04 Å². The van der Waals surface area contributed by atoms with E-state index in [1.807, 2.05) is 0 Å². The molecule has 4 nitrogen and oxygen atoms in total. The molecule has 1 aromatic heterocycles. The molecule has 0 saturated carbocycles. The molecule has 0 saturated heterocycles. The summed E-state index contributed by atoms with van der Waals surface area (Å²) in [5, 5.41) is 3.46. The third-order valence-electron chi connectivity index (χ3n) is 3.26. The zero-order valence-corrected chi connectivity index (χ0v) is 12.1. The van der Waals surface area contributed by atoms with E-state index < -0.39 is 17.9 Å². The van der Waals surface area contributed by atoms with Gasteiger partial charge in [-0.05, 0) is 21.5 Å². The molecule has 3 rings (SSSR count). The average molecular weight is 360 g/mol. The fraction of sp³-hybridized carbons (Fsp3) is 0.231. The lowest BCUT2D eigenvalue weighted by Crippen LogP contribution is -2.22. The molecule has 0 bridgehead atoms. The first kappa shape index (κ1) is 14.1. The highest BCUT2D eigenvalue weighted by Crippen LogP contribution is 2.33. The number of Topliss-reactive ketones (excluding diaryl/α,β-unsaturated/α-hetero) is 1. The minimum atomic E-state index is -4.52. The van der Waals surface area contributed by atoms with Gasteiger partial charge in [0, 0.05) is 18.1 Å². The van der Waals surface area contributed by atoms with E-state index in [1.165, 1.54) is 0 Å². The van der Waals surface area contributed by atoms with Gasteiger partial charge in [0.2, 0.25) is 0 Å². The number of carbonyl (C=O) groups excluding carboxylic acids is 1. The average Bonchev–Trinajstić information content (AvgIpc) is 2.93. The van der Waals surface area contributed by atoms with Crippen LogP contribution in [0.2, 0.25) is 0 Å². The first-order valence-corrected chi connectivity index (χ1v) is 6.87. The monoisotopic (exact) mass is 359 g/mol. The largest absolute Gasteiger partial charge is 0.435 e. The Balaban J connectivity index is 1.89. The van der Waals surface area contributed by atoms with Crippen molar-refractivity contribution in [2.24, 2.45) is 0 Å². The second-order valence-corrected chi connectivity index (χ2v) is 5.47. The van der Waals surface area contributed by atoms with E-state index in [2.05, 4.69) is 26.5 Å². The van der Waals surface area contributed by atoms with E-state index in [0.29, 0.717) is 5.56 Å². The molecule has 1 unspecified atom stereocenters. The van der Waals surface area contributed by atoms with Crippen LogP contribution in [0.15, 0.2) is 34.9 Å². The highest BCUT2D eigenvalue weighted by Gasteiger charge is 2.35. The first-order chi connectivity index (χ1) is 9.86. The molecule has 110 valence electrons. The summed E-state index contributed by atoms with van der Waals surface area (Å²) in [5.74, 6) is -0.0394. The summed E-state index contributed by atoms with van der Waals surface area (Å²) in [6.07, 6.45) is -4.33. The Morgan fingerprint density at radius 3 is 2.71 bits per heavy atom. The van der Waals surface area contributed by atoms with Crippen LogP contribution in [-0.4, -0.2) is 15.7 Å². The third-order valence-corrected chi connectivity index (χ3v) is 3.83. The smallest absolute Gasteiger partial charge is 0.301 e. The molecule has 1 N–H and O–H groups in total. The number of nitrogens with zero attached hydrogens (tertiary/aromatic N) is 2. The molecule has 0 fully saturated rings. The minimum Gasteiger partial charge on any atom is -0.301 e. The fourth-order valence-corrected chi connectivity index (χ4v) is 2.71. The second kappa shape index (κ2) is 4.87. The van der Waals surface area contributed by atoms with Gasteiger partial charge >= 0.3 is 6.18 Å². The van der Waals surface area contributed by atoms with Crippen LogP contribution >= 0.6 is 15.9 Å². The Morgan fingerprint density at radius 2 is 2.05 bits per heavy atom. The first-order valence-electron chi connectivity index (χ1n) is 6.07. The summed E-state index contributed by atoms with van der Waals surface area (Å²) in [6.45, 7) is 0. The van der Waals surface area contributed by atoms with Crippen LogP contribution < -0.4 is 5.43 Å². The van der Waals surface area contributed by atoms with Gasteiger partial charge in [-0.15, -0.1) is 5.10 Å². The molecule has 0 radical (unpaired) electrons. The van der Waals surface area contributed by atoms with E-state index >= 15 is 0 Å². The Bertz CT molecular complexity index is 711. The highest BCUT2D eigenvalue weighted by atomic mass is 79.9. The van der Waals surface area contributed by atoms with E-state index in [0.717, 1.165) is 16.4 Å². The Labute approximate surface area is 126 Å². The zero-order chi connectivity index (χ0) is 15.2. The number of hydrogen-bond acceptors (Lipinski definition) is 3. The van der Waals surface area contributed by atoms with Gasteiger partial charge in [-0.2, -0.15) is 18.0 Å². The standard InChI is InChI=1S/C13H9BrF3N3O/c14-12-6-11(13(15,16)17)19-20(12)18-9-5-10(21)8-4-2-1-3-7(8)9/h1-4,6,9,18H,5H2. The van der Waals surface area contributed by atoms with E-state index in [4.69, 9.17) is 0 Å². The molecule has 0 aliphatic heterocycles. The van der Waals surface area contributed by atoms with Gasteiger partial charge in [0.25, 0.3) is 0 Å². The van der Waals surface area contributed by atoms with Crippen molar-refractivity contribution in [1.29, 1.82) is 0 Å². The summed E-state index contributed by atoms with van der Waals surface area (Å²) in [6, 6.07) is 7.51. The Hall–Kier alpha value is -1.83. The maximum absolute atomic E-state index is 12.6. The zero-order valence-electron chi connectivity index (χ0n) is 10.5. The highest BCUT2D eigenvalue weighted by molar-refractivity contribution is 9.10. The van der Waals surface area contributed by atoms with Crippen LogP contribution in [0.25, 0.3) is 0 Å². The number of alkyl halides is 3. The molecule has 0 amide bonds. The third kappa shape index (κ3) is 2.55. The second-order valence-electron chi connectivity index (χ2n) is 4.66. The summed E-state index contributed by atoms with van der Waals surface area (Å²) in [5.41, 5.74) is 3.18. The number of fused-ring (bicyclic) bond motifs is 1. The molecule has 8 heteroatoms. The van der Waals surface area contributed by atoms with Crippen molar-refractivity contribution in [1.82, 2.24) is 9.89 Å². The van der Waals surface area contributed by atoms with E-state index in [1.54, 1.807) is 24.3 Å². The maximum Gasteiger partial charge on any atom is 0.435 e. The van der Waals surface area contributed by atoms with Crippen LogP contribution in [-0.2, 0) is 6.18 Å². The number of carbonyl (C=O) groups is 1. The molecule has 1 atom stereocenters. The van der Waals surface area contributed by atoms with Crippen LogP contribution in [0.5, 0.6) is 0 Å². The van der Waals surface area contributed by atoms with Gasteiger partial charge in [-0.1, -0.05) is 24.3 Å². The van der Waals surface area contributed by atoms with Crippen LogP contribution in [0.1, 0.15) is 34.1 Å². The fourth-order valence-electron chi connectivity index (χ4n) is 2.31. The summed E-state index contributed by atoms with van der Waals surface area (Å²) >= 11 is 3.03. The lowest BCUT2D eigenvalue weighted by molar-refractivity contribution is -0.141. The Morgan fingerprint density at radius 1 is 1.33 bits per heavy atom. The molecule has 1 aliphatic rings. The summed E-state index contributed by atoms with van der Waals surface area (Å²) < 4.78 is 38.0. The van der Waals surface area contributed by atoms with E-state index in [9.17, 15) is 18.0 Å². The maximum atomic E-state index is 12.6. The van der Waals surface area contributed by atoms with Crippen LogP contribution in [0.4, 0.5) is 13.2 Å². The van der Waals surface area contributed by atoms with Gasteiger partial charge in [-0.3, -0.25) is 4.79 Å². The van der Waals surface area contributed by atoms with Gasteiger partial charge < -0.3 is 5.43 Å². The molecule has 1 heterocycles. The molecule has 1 aromatic carbocycles. The predicted molar refractivity (Wildman–Crippen MR) is 72.4 cm³/mol. The van der Waals surface area contributed by atoms with Crippen molar-refractivity contribution in [3.63, 3.8) is 0 Å². The van der Waals surface area contributed by atoms with E-state index in [-0.39, 0.29) is 16.8 Å². The van der Waals surface area contributed by atoms with Crippen molar-refractivity contribution in [3.8, 4) is 0 Å². The minimum absolute atomic E-state index is 0.0394. The number of hydrogen-bond donors (Lipinski definition) is 1. The summed E-state index contributed by atoms with van der Waals surface area (Å²) in [4.78, 5) is 12.9. The van der Waals surface area contributed by atoms with Gasteiger partial charge in [0.1, 0.15) is 4.60 Å². The Kier molecular flexibility index (Phi) is 3.27. The number of aromatic nitrogens is 2. The van der Waals surface area contributed by atoms with Gasteiger partial charge in [-0.25, -0.2) is 0 Å². The van der Waals surface area contributed by atoms with Crippen molar-refractivity contribution < 1.29 is 18.0 Å². The molecule has 2 aromatic rings.